The summed E-state index contributed by atoms with van der Waals surface area (Å²) in [6.45, 7) is 7.20. The first-order chi connectivity index (χ1) is 9.45. The highest BCUT2D eigenvalue weighted by Gasteiger charge is 2.19. The monoisotopic (exact) mass is 279 g/mol. The van der Waals surface area contributed by atoms with Gasteiger partial charge < -0.3 is 5.32 Å². The molecule has 3 unspecified atom stereocenters. The van der Waals surface area contributed by atoms with Crippen LogP contribution in [0.5, 0.6) is 0 Å². The highest BCUT2D eigenvalue weighted by Crippen LogP contribution is 2.28. The third-order valence-corrected chi connectivity index (χ3v) is 4.03. The van der Waals surface area contributed by atoms with E-state index in [2.05, 4.69) is 25.2 Å². The van der Waals surface area contributed by atoms with Crippen LogP contribution in [-0.4, -0.2) is 6.54 Å². The Hall–Kier alpha value is -1.22. The molecule has 0 aromatic heterocycles. The van der Waals surface area contributed by atoms with Crippen molar-refractivity contribution in [3.8, 4) is 0 Å². The molecule has 2 rings (SSSR count). The molecular weight excluding hydrogens is 256 g/mol. The number of hydrogen-bond acceptors (Lipinski definition) is 1. The van der Waals surface area contributed by atoms with Crippen LogP contribution < -0.4 is 5.32 Å². The van der Waals surface area contributed by atoms with Crippen molar-refractivity contribution in [3.63, 3.8) is 0 Å². The summed E-state index contributed by atoms with van der Waals surface area (Å²) in [5.74, 6) is 0.216. The largest absolute Gasteiger partial charge is 0.310 e. The maximum atomic E-state index is 13.7. The van der Waals surface area contributed by atoms with Crippen LogP contribution in [-0.2, 0) is 0 Å². The van der Waals surface area contributed by atoms with Gasteiger partial charge in [0.15, 0.2) is 0 Å². The number of benzene rings is 1. The maximum absolute atomic E-state index is 13.7. The molecule has 0 bridgehead atoms. The predicted octanol–water partition coefficient (Wildman–Crippen LogP) is 4.61. The molecule has 1 aromatic carbocycles. The first-order valence-electron chi connectivity index (χ1n) is 7.31. The third-order valence-electron chi connectivity index (χ3n) is 4.03. The van der Waals surface area contributed by atoms with Gasteiger partial charge in [0, 0.05) is 17.7 Å². The second-order valence-electron chi connectivity index (χ2n) is 6.09. The van der Waals surface area contributed by atoms with E-state index in [1.165, 1.54) is 24.1 Å². The van der Waals surface area contributed by atoms with E-state index in [0.717, 1.165) is 19.0 Å². The molecule has 1 aromatic rings. The van der Waals surface area contributed by atoms with Crippen molar-refractivity contribution < 1.29 is 8.78 Å². The zero-order chi connectivity index (χ0) is 14.7. The summed E-state index contributed by atoms with van der Waals surface area (Å²) in [4.78, 5) is 0. The summed E-state index contributed by atoms with van der Waals surface area (Å²) in [5.41, 5.74) is 1.97. The van der Waals surface area contributed by atoms with Gasteiger partial charge in [-0.25, -0.2) is 8.78 Å². The second-order valence-corrected chi connectivity index (χ2v) is 6.09. The van der Waals surface area contributed by atoms with Crippen molar-refractivity contribution in [2.24, 2.45) is 11.8 Å². The van der Waals surface area contributed by atoms with Crippen molar-refractivity contribution in [2.45, 2.75) is 39.7 Å². The van der Waals surface area contributed by atoms with E-state index in [1.54, 1.807) is 0 Å². The lowest BCUT2D eigenvalue weighted by atomic mass is 9.83. The van der Waals surface area contributed by atoms with Crippen LogP contribution in [0.25, 0.3) is 0 Å². The highest BCUT2D eigenvalue weighted by atomic mass is 19.1. The van der Waals surface area contributed by atoms with Crippen molar-refractivity contribution >= 4 is 0 Å². The molecular formula is C17H23F2N. The lowest BCUT2D eigenvalue weighted by molar-refractivity contribution is 0.364. The molecule has 1 nitrogen and oxygen atoms in total. The number of nitrogens with one attached hydrogen (secondary N) is 1. The molecule has 20 heavy (non-hydrogen) atoms. The zero-order valence-corrected chi connectivity index (χ0v) is 12.4. The van der Waals surface area contributed by atoms with Gasteiger partial charge in [0.25, 0.3) is 0 Å². The van der Waals surface area contributed by atoms with Crippen LogP contribution in [0.2, 0.25) is 0 Å². The van der Waals surface area contributed by atoms with E-state index in [1.807, 2.05) is 6.92 Å². The average Bonchev–Trinajstić information content (AvgIpc) is 2.35. The van der Waals surface area contributed by atoms with Gasteiger partial charge in [-0.1, -0.05) is 24.6 Å². The van der Waals surface area contributed by atoms with E-state index in [0.29, 0.717) is 17.4 Å². The minimum Gasteiger partial charge on any atom is -0.310 e. The van der Waals surface area contributed by atoms with Gasteiger partial charge in [-0.15, -0.1) is 0 Å². The molecule has 1 aliphatic carbocycles. The third kappa shape index (κ3) is 3.89. The summed E-state index contributed by atoms with van der Waals surface area (Å²) in [6.07, 6.45) is 4.61. The number of halogens is 2. The fourth-order valence-electron chi connectivity index (χ4n) is 3.15. The first kappa shape index (κ1) is 15.2. The molecule has 0 amide bonds. The van der Waals surface area contributed by atoms with Gasteiger partial charge >= 0.3 is 0 Å². The van der Waals surface area contributed by atoms with Gasteiger partial charge in [0.2, 0.25) is 0 Å². The van der Waals surface area contributed by atoms with Crippen LogP contribution >= 0.6 is 0 Å². The van der Waals surface area contributed by atoms with Crippen molar-refractivity contribution in [1.29, 1.82) is 0 Å². The van der Waals surface area contributed by atoms with E-state index < -0.39 is 11.6 Å². The van der Waals surface area contributed by atoms with Crippen molar-refractivity contribution in [1.82, 2.24) is 5.32 Å². The molecule has 3 heteroatoms. The Morgan fingerprint density at radius 3 is 2.75 bits per heavy atom. The van der Waals surface area contributed by atoms with Gasteiger partial charge in [0.05, 0.1) is 0 Å². The maximum Gasteiger partial charge on any atom is 0.130 e. The van der Waals surface area contributed by atoms with Crippen LogP contribution in [0.3, 0.4) is 0 Å². The number of allylic oxidation sites excluding steroid dienone is 2. The molecule has 0 spiro atoms. The molecule has 0 aliphatic heterocycles. The van der Waals surface area contributed by atoms with E-state index in [4.69, 9.17) is 0 Å². The Kier molecular flexibility index (Phi) is 4.92. The minimum absolute atomic E-state index is 0.0999. The number of hydrogen-bond donors (Lipinski definition) is 1. The van der Waals surface area contributed by atoms with Crippen LogP contribution in [0, 0.1) is 23.5 Å². The molecule has 0 heterocycles. The SMILES string of the molecule is CC1=CC(C)CC(CNC(C)c2ccc(F)cc2F)C1. The summed E-state index contributed by atoms with van der Waals surface area (Å²) >= 11 is 0. The zero-order valence-electron chi connectivity index (χ0n) is 12.4. The summed E-state index contributed by atoms with van der Waals surface area (Å²) in [5, 5.41) is 3.38. The molecule has 1 aliphatic rings. The summed E-state index contributed by atoms with van der Waals surface area (Å²) in [6, 6.07) is 3.68. The van der Waals surface area contributed by atoms with Crippen LogP contribution in [0.15, 0.2) is 29.8 Å². The Morgan fingerprint density at radius 1 is 1.35 bits per heavy atom. The van der Waals surface area contributed by atoms with E-state index in [-0.39, 0.29) is 6.04 Å². The normalized spacial score (nSPS) is 24.4. The lowest BCUT2D eigenvalue weighted by Crippen LogP contribution is -2.28. The average molecular weight is 279 g/mol. The lowest BCUT2D eigenvalue weighted by Gasteiger charge is -2.27. The van der Waals surface area contributed by atoms with Crippen LogP contribution in [0.1, 0.15) is 45.2 Å². The van der Waals surface area contributed by atoms with Gasteiger partial charge in [-0.05, 0) is 51.1 Å². The summed E-state index contributed by atoms with van der Waals surface area (Å²) < 4.78 is 26.6. The molecule has 110 valence electrons. The predicted molar refractivity (Wildman–Crippen MR) is 78.4 cm³/mol. The topological polar surface area (TPSA) is 12.0 Å². The highest BCUT2D eigenvalue weighted by molar-refractivity contribution is 5.21. The molecule has 0 saturated heterocycles. The molecule has 1 N–H and O–H groups in total. The fraction of sp³-hybridized carbons (Fsp3) is 0.529. The molecule has 0 fully saturated rings. The smallest absolute Gasteiger partial charge is 0.130 e. The Labute approximate surface area is 120 Å². The van der Waals surface area contributed by atoms with Gasteiger partial charge in [-0.3, -0.25) is 0 Å². The second kappa shape index (κ2) is 6.49. The fourth-order valence-corrected chi connectivity index (χ4v) is 3.15. The number of rotatable bonds is 4. The Bertz CT molecular complexity index is 496. The Morgan fingerprint density at radius 2 is 2.10 bits per heavy atom. The van der Waals surface area contributed by atoms with E-state index >= 15 is 0 Å². The molecule has 0 radical (unpaired) electrons. The van der Waals surface area contributed by atoms with E-state index in [9.17, 15) is 8.78 Å². The quantitative estimate of drug-likeness (QED) is 0.794. The first-order valence-corrected chi connectivity index (χ1v) is 7.31. The molecule has 0 saturated carbocycles. The van der Waals surface area contributed by atoms with Gasteiger partial charge in [-0.2, -0.15) is 0 Å². The van der Waals surface area contributed by atoms with Crippen molar-refractivity contribution in [2.75, 3.05) is 6.54 Å². The standard InChI is InChI=1S/C17H23F2N/c1-11-6-12(2)8-14(7-11)10-20-13(3)16-5-4-15(18)9-17(16)19/h4-6,9,11,13-14,20H,7-8,10H2,1-3H3. The minimum atomic E-state index is -0.527. The summed E-state index contributed by atoms with van der Waals surface area (Å²) in [7, 11) is 0. The van der Waals surface area contributed by atoms with Crippen molar-refractivity contribution in [3.05, 3.63) is 47.0 Å². The van der Waals surface area contributed by atoms with Gasteiger partial charge in [0.1, 0.15) is 11.6 Å². The Balaban J connectivity index is 1.92. The van der Waals surface area contributed by atoms with Crippen LogP contribution in [0.4, 0.5) is 8.78 Å². The molecule has 3 atom stereocenters.